The molecule has 6 heteroatoms. The van der Waals surface area contributed by atoms with Crippen molar-refractivity contribution in [1.29, 1.82) is 0 Å². The standard InChI is InChI=1S/C15H17FN2O3/c16-10-3-1-4-11-13(10)15(6-2-7-15)9-18(11)14(21)17-8-5-12(19)20/h1,3-4H,2,5-9H2,(H,17,21)(H,19,20). The van der Waals surface area contributed by atoms with Gasteiger partial charge in [0.05, 0.1) is 12.1 Å². The van der Waals surface area contributed by atoms with Crippen LogP contribution in [0.15, 0.2) is 18.2 Å². The van der Waals surface area contributed by atoms with Crippen molar-refractivity contribution >= 4 is 17.7 Å². The van der Waals surface area contributed by atoms with Crippen LogP contribution in [-0.2, 0) is 10.2 Å². The summed E-state index contributed by atoms with van der Waals surface area (Å²) >= 11 is 0. The first kappa shape index (κ1) is 13.9. The van der Waals surface area contributed by atoms with Gasteiger partial charge < -0.3 is 10.4 Å². The summed E-state index contributed by atoms with van der Waals surface area (Å²) in [4.78, 5) is 24.3. The van der Waals surface area contributed by atoms with E-state index in [2.05, 4.69) is 5.32 Å². The van der Waals surface area contributed by atoms with Gasteiger partial charge in [-0.05, 0) is 25.0 Å². The van der Waals surface area contributed by atoms with Crippen molar-refractivity contribution in [2.45, 2.75) is 31.1 Å². The van der Waals surface area contributed by atoms with Crippen molar-refractivity contribution < 1.29 is 19.1 Å². The lowest BCUT2D eigenvalue weighted by Crippen LogP contribution is -2.45. The number of aliphatic carboxylic acids is 1. The number of rotatable bonds is 3. The first-order valence-electron chi connectivity index (χ1n) is 7.10. The maximum atomic E-state index is 14.2. The quantitative estimate of drug-likeness (QED) is 0.897. The molecule has 1 aromatic rings. The molecule has 2 N–H and O–H groups in total. The second-order valence-electron chi connectivity index (χ2n) is 5.73. The zero-order valence-electron chi connectivity index (χ0n) is 11.6. The third kappa shape index (κ3) is 2.24. The van der Waals surface area contributed by atoms with Crippen LogP contribution < -0.4 is 10.2 Å². The molecule has 112 valence electrons. The smallest absolute Gasteiger partial charge is 0.321 e. The highest BCUT2D eigenvalue weighted by Crippen LogP contribution is 2.53. The van der Waals surface area contributed by atoms with Gasteiger partial charge in [0.1, 0.15) is 5.82 Å². The van der Waals surface area contributed by atoms with Crippen molar-refractivity contribution in [1.82, 2.24) is 5.32 Å². The van der Waals surface area contributed by atoms with Crippen LogP contribution in [-0.4, -0.2) is 30.2 Å². The molecule has 0 radical (unpaired) electrons. The fraction of sp³-hybridized carbons (Fsp3) is 0.467. The number of nitrogens with zero attached hydrogens (tertiary/aromatic N) is 1. The lowest BCUT2D eigenvalue weighted by atomic mass is 9.65. The van der Waals surface area contributed by atoms with E-state index in [1.165, 1.54) is 6.07 Å². The van der Waals surface area contributed by atoms with E-state index < -0.39 is 5.97 Å². The molecule has 5 nitrogen and oxygen atoms in total. The summed E-state index contributed by atoms with van der Waals surface area (Å²) in [6, 6.07) is 4.43. The first-order chi connectivity index (χ1) is 10.0. The first-order valence-corrected chi connectivity index (χ1v) is 7.10. The molecule has 0 saturated heterocycles. The van der Waals surface area contributed by atoms with Gasteiger partial charge in [0.2, 0.25) is 0 Å². The number of anilines is 1. The fourth-order valence-electron chi connectivity index (χ4n) is 3.29. The van der Waals surface area contributed by atoms with Crippen LogP contribution in [0.3, 0.4) is 0 Å². The Balaban J connectivity index is 1.81. The third-order valence-corrected chi connectivity index (χ3v) is 4.44. The Morgan fingerprint density at radius 2 is 2.14 bits per heavy atom. The second kappa shape index (κ2) is 5.02. The Morgan fingerprint density at radius 3 is 2.76 bits per heavy atom. The molecule has 1 fully saturated rings. The fourth-order valence-corrected chi connectivity index (χ4v) is 3.29. The Bertz CT molecular complexity index is 599. The number of fused-ring (bicyclic) bond motifs is 2. The zero-order chi connectivity index (χ0) is 15.0. The van der Waals surface area contributed by atoms with Gasteiger partial charge in [-0.15, -0.1) is 0 Å². The molecule has 0 bridgehead atoms. The number of amides is 2. The van der Waals surface area contributed by atoms with E-state index in [0.29, 0.717) is 17.8 Å². The minimum atomic E-state index is -0.960. The Kier molecular flexibility index (Phi) is 3.31. The van der Waals surface area contributed by atoms with Crippen LogP contribution in [0.25, 0.3) is 0 Å². The van der Waals surface area contributed by atoms with Crippen LogP contribution in [0.2, 0.25) is 0 Å². The van der Waals surface area contributed by atoms with Gasteiger partial charge in [0.25, 0.3) is 0 Å². The van der Waals surface area contributed by atoms with Gasteiger partial charge in [-0.1, -0.05) is 12.5 Å². The molecule has 2 aliphatic rings. The highest BCUT2D eigenvalue weighted by molar-refractivity contribution is 5.95. The van der Waals surface area contributed by atoms with Crippen molar-refractivity contribution in [2.75, 3.05) is 18.0 Å². The number of hydrogen-bond donors (Lipinski definition) is 2. The molecule has 1 spiro atoms. The monoisotopic (exact) mass is 292 g/mol. The Hall–Kier alpha value is -2.11. The predicted molar refractivity (Wildman–Crippen MR) is 74.9 cm³/mol. The van der Waals surface area contributed by atoms with Gasteiger partial charge >= 0.3 is 12.0 Å². The molecule has 21 heavy (non-hydrogen) atoms. The predicted octanol–water partition coefficient (Wildman–Crippen LogP) is 2.25. The molecule has 1 heterocycles. The number of halogens is 1. The van der Waals surface area contributed by atoms with Crippen molar-refractivity contribution in [2.24, 2.45) is 0 Å². The summed E-state index contributed by atoms with van der Waals surface area (Å²) in [5.74, 6) is -1.22. The van der Waals surface area contributed by atoms with Gasteiger partial charge in [0, 0.05) is 24.1 Å². The molecule has 0 unspecified atom stereocenters. The number of carboxylic acid groups (broad SMARTS) is 1. The normalized spacial score (nSPS) is 18.2. The molecule has 1 aliphatic heterocycles. The van der Waals surface area contributed by atoms with Gasteiger partial charge in [-0.25, -0.2) is 9.18 Å². The average molecular weight is 292 g/mol. The number of benzene rings is 1. The number of hydrogen-bond acceptors (Lipinski definition) is 2. The van der Waals surface area contributed by atoms with E-state index in [-0.39, 0.29) is 30.2 Å². The molecule has 1 aromatic carbocycles. The zero-order valence-corrected chi connectivity index (χ0v) is 11.6. The van der Waals surface area contributed by atoms with Crippen LogP contribution in [0.5, 0.6) is 0 Å². The molecule has 1 saturated carbocycles. The number of carbonyl (C=O) groups is 2. The molecule has 0 atom stereocenters. The van der Waals surface area contributed by atoms with Gasteiger partial charge in [-0.2, -0.15) is 0 Å². The largest absolute Gasteiger partial charge is 0.481 e. The lowest BCUT2D eigenvalue weighted by Gasteiger charge is -2.38. The number of urea groups is 1. The summed E-state index contributed by atoms with van der Waals surface area (Å²) in [5, 5.41) is 11.2. The van der Waals surface area contributed by atoms with Crippen LogP contribution in [0, 0.1) is 5.82 Å². The molecule has 0 aromatic heterocycles. The molecule has 2 amide bonds. The van der Waals surface area contributed by atoms with Gasteiger partial charge in [0.15, 0.2) is 0 Å². The highest BCUT2D eigenvalue weighted by atomic mass is 19.1. The maximum Gasteiger partial charge on any atom is 0.321 e. The third-order valence-electron chi connectivity index (χ3n) is 4.44. The Labute approximate surface area is 121 Å². The van der Waals surface area contributed by atoms with Gasteiger partial charge in [-0.3, -0.25) is 9.69 Å². The summed E-state index contributed by atoms with van der Waals surface area (Å²) in [6.45, 7) is 0.546. The second-order valence-corrected chi connectivity index (χ2v) is 5.73. The molecule has 1 aliphatic carbocycles. The van der Waals surface area contributed by atoms with Crippen LogP contribution in [0.1, 0.15) is 31.2 Å². The number of nitrogens with one attached hydrogen (secondary N) is 1. The van der Waals surface area contributed by atoms with E-state index in [1.807, 2.05) is 0 Å². The average Bonchev–Trinajstić information content (AvgIpc) is 2.75. The highest BCUT2D eigenvalue weighted by Gasteiger charge is 2.50. The Morgan fingerprint density at radius 1 is 1.38 bits per heavy atom. The van der Waals surface area contributed by atoms with Crippen LogP contribution >= 0.6 is 0 Å². The van der Waals surface area contributed by atoms with Crippen molar-refractivity contribution in [3.63, 3.8) is 0 Å². The van der Waals surface area contributed by atoms with E-state index >= 15 is 0 Å². The molecular weight excluding hydrogens is 275 g/mol. The summed E-state index contributed by atoms with van der Waals surface area (Å²) in [5.41, 5.74) is 1.01. The SMILES string of the molecule is O=C(O)CCNC(=O)N1CC2(CCC2)c2c(F)cccc21. The van der Waals surface area contributed by atoms with E-state index in [0.717, 1.165) is 19.3 Å². The summed E-state index contributed by atoms with van der Waals surface area (Å²) in [7, 11) is 0. The summed E-state index contributed by atoms with van der Waals surface area (Å²) in [6.07, 6.45) is 2.70. The summed E-state index contributed by atoms with van der Waals surface area (Å²) < 4.78 is 14.2. The van der Waals surface area contributed by atoms with E-state index in [1.54, 1.807) is 17.0 Å². The van der Waals surface area contributed by atoms with Crippen molar-refractivity contribution in [3.05, 3.63) is 29.6 Å². The van der Waals surface area contributed by atoms with E-state index in [9.17, 15) is 14.0 Å². The molecular formula is C15H17FN2O3. The number of carbonyl (C=O) groups excluding carboxylic acids is 1. The van der Waals surface area contributed by atoms with E-state index in [4.69, 9.17) is 5.11 Å². The van der Waals surface area contributed by atoms with Crippen LogP contribution in [0.4, 0.5) is 14.9 Å². The minimum Gasteiger partial charge on any atom is -0.481 e. The minimum absolute atomic E-state index is 0.0717. The number of carboxylic acids is 1. The lowest BCUT2D eigenvalue weighted by molar-refractivity contribution is -0.136. The molecule has 3 rings (SSSR count). The maximum absolute atomic E-state index is 14.2. The topological polar surface area (TPSA) is 69.6 Å². The van der Waals surface area contributed by atoms with Crippen molar-refractivity contribution in [3.8, 4) is 0 Å².